The second-order valence-electron chi connectivity index (χ2n) is 6.89. The molecule has 31 heavy (non-hydrogen) atoms. The van der Waals surface area contributed by atoms with Gasteiger partial charge < -0.3 is 10.6 Å². The van der Waals surface area contributed by atoms with E-state index in [0.29, 0.717) is 6.54 Å². The number of hydrogen-bond donors (Lipinski definition) is 3. The summed E-state index contributed by atoms with van der Waals surface area (Å²) in [6.07, 6.45) is 3.41. The molecule has 0 aliphatic rings. The molecule has 3 rings (SSSR count). The fraction of sp³-hybridized carbons (Fsp3) is 0.227. The fourth-order valence-corrected chi connectivity index (χ4v) is 3.98. The van der Waals surface area contributed by atoms with E-state index in [9.17, 15) is 18.0 Å². The van der Waals surface area contributed by atoms with Crippen LogP contribution in [0.5, 0.6) is 0 Å². The first-order chi connectivity index (χ1) is 14.9. The molecular formula is C22H24N4O4S. The van der Waals surface area contributed by atoms with Crippen molar-refractivity contribution in [3.63, 3.8) is 0 Å². The van der Waals surface area contributed by atoms with Crippen LogP contribution in [0.15, 0.2) is 71.9 Å². The molecule has 0 unspecified atom stereocenters. The summed E-state index contributed by atoms with van der Waals surface area (Å²) in [5.74, 6) is -0.516. The third-order valence-corrected chi connectivity index (χ3v) is 6.05. The van der Waals surface area contributed by atoms with E-state index in [2.05, 4.69) is 20.3 Å². The summed E-state index contributed by atoms with van der Waals surface area (Å²) in [5, 5.41) is 7.15. The number of fused-ring (bicyclic) bond motifs is 1. The highest BCUT2D eigenvalue weighted by Crippen LogP contribution is 2.18. The molecule has 0 atom stereocenters. The van der Waals surface area contributed by atoms with E-state index in [-0.39, 0.29) is 42.6 Å². The monoisotopic (exact) mass is 440 g/mol. The van der Waals surface area contributed by atoms with Gasteiger partial charge in [-0.15, -0.1) is 0 Å². The Balaban J connectivity index is 1.36. The summed E-state index contributed by atoms with van der Waals surface area (Å²) < 4.78 is 27.3. The summed E-state index contributed by atoms with van der Waals surface area (Å²) in [6.45, 7) is 0.541. The normalized spacial score (nSPS) is 11.2. The van der Waals surface area contributed by atoms with Gasteiger partial charge in [0.1, 0.15) is 0 Å². The van der Waals surface area contributed by atoms with E-state index in [1.165, 1.54) is 6.07 Å². The van der Waals surface area contributed by atoms with Gasteiger partial charge in [0, 0.05) is 44.9 Å². The van der Waals surface area contributed by atoms with Crippen LogP contribution in [0.3, 0.4) is 0 Å². The number of aromatic nitrogens is 1. The maximum atomic E-state index is 12.4. The molecule has 2 aromatic carbocycles. The zero-order chi connectivity index (χ0) is 22.1. The second kappa shape index (κ2) is 10.6. The number of hydrogen-bond acceptors (Lipinski definition) is 5. The van der Waals surface area contributed by atoms with E-state index < -0.39 is 10.0 Å². The summed E-state index contributed by atoms with van der Waals surface area (Å²) in [7, 11) is -3.71. The lowest BCUT2D eigenvalue weighted by Gasteiger charge is -2.09. The number of nitrogens with one attached hydrogen (secondary N) is 3. The summed E-state index contributed by atoms with van der Waals surface area (Å²) >= 11 is 0. The third-order valence-electron chi connectivity index (χ3n) is 4.59. The molecule has 2 amide bonds. The summed E-state index contributed by atoms with van der Waals surface area (Å²) in [6, 6.07) is 16.0. The van der Waals surface area contributed by atoms with Gasteiger partial charge in [-0.25, -0.2) is 13.1 Å². The van der Waals surface area contributed by atoms with Crippen molar-refractivity contribution in [3.05, 3.63) is 72.6 Å². The highest BCUT2D eigenvalue weighted by atomic mass is 32.2. The van der Waals surface area contributed by atoms with Gasteiger partial charge in [0.05, 0.1) is 4.90 Å². The number of sulfonamides is 1. The van der Waals surface area contributed by atoms with Crippen molar-refractivity contribution >= 4 is 32.6 Å². The van der Waals surface area contributed by atoms with Gasteiger partial charge in [-0.1, -0.05) is 30.3 Å². The van der Waals surface area contributed by atoms with Crippen LogP contribution in [-0.2, 0) is 26.2 Å². The zero-order valence-electron chi connectivity index (χ0n) is 16.9. The molecule has 8 nitrogen and oxygen atoms in total. The highest BCUT2D eigenvalue weighted by molar-refractivity contribution is 7.89. The molecule has 3 N–H and O–H groups in total. The smallest absolute Gasteiger partial charge is 0.240 e. The molecule has 3 aromatic rings. The Kier molecular flexibility index (Phi) is 7.69. The number of rotatable bonds is 10. The van der Waals surface area contributed by atoms with Crippen molar-refractivity contribution in [2.75, 3.05) is 13.1 Å². The molecule has 1 aromatic heterocycles. The molecular weight excluding hydrogens is 416 g/mol. The number of carbonyl (C=O) groups is 2. The van der Waals surface area contributed by atoms with Crippen molar-refractivity contribution < 1.29 is 18.0 Å². The standard InChI is InChI=1S/C22H24N4O4S/c27-21(24-13-9-22(28)25-16-17-7-11-23-12-8-17)10-14-26-31(29,30)20-6-5-18-3-1-2-4-19(18)15-20/h1-8,11-12,15,26H,9-10,13-14,16H2,(H,24,27)(H,25,28). The van der Waals surface area contributed by atoms with Crippen LogP contribution in [0.2, 0.25) is 0 Å². The van der Waals surface area contributed by atoms with Crippen LogP contribution >= 0.6 is 0 Å². The third kappa shape index (κ3) is 6.87. The minimum absolute atomic E-state index is 0.0224. The topological polar surface area (TPSA) is 117 Å². The van der Waals surface area contributed by atoms with Crippen molar-refractivity contribution in [1.82, 2.24) is 20.3 Å². The minimum atomic E-state index is -3.71. The molecule has 0 spiro atoms. The first-order valence-corrected chi connectivity index (χ1v) is 11.3. The van der Waals surface area contributed by atoms with Crippen LogP contribution < -0.4 is 15.4 Å². The molecule has 0 saturated carbocycles. The molecule has 0 aliphatic carbocycles. The Morgan fingerprint density at radius 1 is 0.806 bits per heavy atom. The van der Waals surface area contributed by atoms with Gasteiger partial charge in [-0.3, -0.25) is 14.6 Å². The lowest BCUT2D eigenvalue weighted by Crippen LogP contribution is -2.33. The van der Waals surface area contributed by atoms with Gasteiger partial charge in [0.15, 0.2) is 0 Å². The number of carbonyl (C=O) groups excluding carboxylic acids is 2. The molecule has 9 heteroatoms. The Morgan fingerprint density at radius 2 is 1.48 bits per heavy atom. The van der Waals surface area contributed by atoms with Gasteiger partial charge in [0.25, 0.3) is 0 Å². The van der Waals surface area contributed by atoms with Crippen LogP contribution in [-0.4, -0.2) is 38.3 Å². The van der Waals surface area contributed by atoms with Crippen LogP contribution in [0, 0.1) is 0 Å². The van der Waals surface area contributed by atoms with Gasteiger partial charge in [-0.05, 0) is 40.6 Å². The first kappa shape index (κ1) is 22.4. The van der Waals surface area contributed by atoms with Gasteiger partial charge in [-0.2, -0.15) is 0 Å². The van der Waals surface area contributed by atoms with Gasteiger partial charge in [0.2, 0.25) is 21.8 Å². The zero-order valence-corrected chi connectivity index (χ0v) is 17.7. The van der Waals surface area contributed by atoms with Crippen molar-refractivity contribution in [3.8, 4) is 0 Å². The lowest BCUT2D eigenvalue weighted by atomic mass is 10.1. The molecule has 0 aliphatic heterocycles. The molecule has 0 saturated heterocycles. The number of nitrogens with zero attached hydrogens (tertiary/aromatic N) is 1. The average Bonchev–Trinajstić information content (AvgIpc) is 2.78. The molecule has 1 heterocycles. The molecule has 0 fully saturated rings. The molecule has 0 bridgehead atoms. The van der Waals surface area contributed by atoms with E-state index in [1.807, 2.05) is 24.3 Å². The van der Waals surface area contributed by atoms with E-state index >= 15 is 0 Å². The Hall–Kier alpha value is -3.30. The summed E-state index contributed by atoms with van der Waals surface area (Å²) in [5.41, 5.74) is 0.936. The maximum Gasteiger partial charge on any atom is 0.240 e. The molecule has 162 valence electrons. The van der Waals surface area contributed by atoms with E-state index in [1.54, 1.807) is 36.7 Å². The van der Waals surface area contributed by atoms with Crippen molar-refractivity contribution in [1.29, 1.82) is 0 Å². The quantitative estimate of drug-likeness (QED) is 0.444. The van der Waals surface area contributed by atoms with Crippen molar-refractivity contribution in [2.45, 2.75) is 24.3 Å². The number of amides is 2. The fourth-order valence-electron chi connectivity index (χ4n) is 2.91. The van der Waals surface area contributed by atoms with Crippen LogP contribution in [0.25, 0.3) is 10.8 Å². The highest BCUT2D eigenvalue weighted by Gasteiger charge is 2.14. The predicted molar refractivity (Wildman–Crippen MR) is 117 cm³/mol. The predicted octanol–water partition coefficient (Wildman–Crippen LogP) is 1.73. The van der Waals surface area contributed by atoms with E-state index in [0.717, 1.165) is 16.3 Å². The van der Waals surface area contributed by atoms with Crippen LogP contribution in [0.4, 0.5) is 0 Å². The number of benzene rings is 2. The minimum Gasteiger partial charge on any atom is -0.356 e. The number of pyridine rings is 1. The second-order valence-corrected chi connectivity index (χ2v) is 8.66. The largest absolute Gasteiger partial charge is 0.356 e. The maximum absolute atomic E-state index is 12.4. The van der Waals surface area contributed by atoms with Gasteiger partial charge >= 0.3 is 0 Å². The van der Waals surface area contributed by atoms with Crippen molar-refractivity contribution in [2.24, 2.45) is 0 Å². The SMILES string of the molecule is O=C(CCNS(=O)(=O)c1ccc2ccccc2c1)NCCC(=O)NCc1ccncc1. The van der Waals surface area contributed by atoms with Crippen LogP contribution in [0.1, 0.15) is 18.4 Å². The van der Waals surface area contributed by atoms with E-state index in [4.69, 9.17) is 0 Å². The Labute approximate surface area is 181 Å². The summed E-state index contributed by atoms with van der Waals surface area (Å²) in [4.78, 5) is 27.8. The Morgan fingerprint density at radius 3 is 2.26 bits per heavy atom. The molecule has 0 radical (unpaired) electrons. The first-order valence-electron chi connectivity index (χ1n) is 9.85. The lowest BCUT2D eigenvalue weighted by molar-refractivity contribution is -0.122. The Bertz CT molecular complexity index is 1150. The average molecular weight is 441 g/mol.